The van der Waals surface area contributed by atoms with E-state index in [0.717, 1.165) is 28.3 Å². The van der Waals surface area contributed by atoms with Crippen LogP contribution in [0.5, 0.6) is 0 Å². The lowest BCUT2D eigenvalue weighted by Crippen LogP contribution is -2.07. The largest absolute Gasteiger partial charge is 0.361 e. The van der Waals surface area contributed by atoms with Crippen molar-refractivity contribution in [1.29, 1.82) is 0 Å². The molecule has 0 aliphatic carbocycles. The van der Waals surface area contributed by atoms with Crippen LogP contribution in [0.15, 0.2) is 18.2 Å². The van der Waals surface area contributed by atoms with E-state index < -0.39 is 0 Å². The Hall–Kier alpha value is -0.840. The minimum Gasteiger partial charge on any atom is -0.361 e. The molecule has 0 spiro atoms. The van der Waals surface area contributed by atoms with E-state index in [0.29, 0.717) is 11.6 Å². The van der Waals surface area contributed by atoms with Crippen molar-refractivity contribution in [3.05, 3.63) is 23.2 Å². The van der Waals surface area contributed by atoms with Crippen molar-refractivity contribution in [2.45, 2.75) is 6.42 Å². The summed E-state index contributed by atoms with van der Waals surface area (Å²) in [5.74, 6) is 0. The molecule has 0 saturated heterocycles. The van der Waals surface area contributed by atoms with Crippen molar-refractivity contribution in [2.24, 2.45) is 5.73 Å². The summed E-state index contributed by atoms with van der Waals surface area (Å²) in [5.41, 5.74) is 6.29. The summed E-state index contributed by atoms with van der Waals surface area (Å²) in [6.45, 7) is 1.55. The molecule has 0 radical (unpaired) electrons. The fourth-order valence-corrected chi connectivity index (χ4v) is 2.48. The van der Waals surface area contributed by atoms with Crippen LogP contribution < -0.4 is 11.1 Å². The second-order valence-electron chi connectivity index (χ2n) is 3.17. The lowest BCUT2D eigenvalue weighted by Gasteiger charge is -1.98. The fraction of sp³-hybridized carbons (Fsp3) is 0.300. The highest BCUT2D eigenvalue weighted by Gasteiger charge is 2.05. The van der Waals surface area contributed by atoms with Crippen LogP contribution in [0.2, 0.25) is 5.02 Å². The number of thiazole rings is 1. The first kappa shape index (κ1) is 10.7. The van der Waals surface area contributed by atoms with Crippen LogP contribution >= 0.6 is 22.9 Å². The van der Waals surface area contributed by atoms with E-state index >= 15 is 0 Å². The van der Waals surface area contributed by atoms with Gasteiger partial charge < -0.3 is 11.1 Å². The highest BCUT2D eigenvalue weighted by molar-refractivity contribution is 7.22. The Morgan fingerprint density at radius 2 is 2.33 bits per heavy atom. The van der Waals surface area contributed by atoms with Crippen molar-refractivity contribution < 1.29 is 0 Å². The molecule has 3 nitrogen and oxygen atoms in total. The summed E-state index contributed by atoms with van der Waals surface area (Å²) in [7, 11) is 0. The van der Waals surface area contributed by atoms with Crippen LogP contribution in [0.3, 0.4) is 0 Å². The zero-order valence-electron chi connectivity index (χ0n) is 8.16. The number of nitrogens with two attached hydrogens (primary N) is 1. The first-order valence-electron chi connectivity index (χ1n) is 4.80. The Morgan fingerprint density at radius 1 is 1.47 bits per heavy atom. The van der Waals surface area contributed by atoms with Gasteiger partial charge in [0.25, 0.3) is 0 Å². The molecule has 0 bridgehead atoms. The molecule has 2 aromatic rings. The van der Waals surface area contributed by atoms with E-state index in [-0.39, 0.29) is 0 Å². The third kappa shape index (κ3) is 2.40. The number of nitrogens with one attached hydrogen (secondary N) is 1. The summed E-state index contributed by atoms with van der Waals surface area (Å²) in [5, 5.41) is 4.84. The summed E-state index contributed by atoms with van der Waals surface area (Å²) < 4.78 is 1.11. The van der Waals surface area contributed by atoms with Gasteiger partial charge in [-0.05, 0) is 25.1 Å². The lowest BCUT2D eigenvalue weighted by atomic mass is 10.3. The highest BCUT2D eigenvalue weighted by atomic mass is 35.5. The second-order valence-corrected chi connectivity index (χ2v) is 4.61. The molecule has 0 fully saturated rings. The molecule has 0 aliphatic heterocycles. The van der Waals surface area contributed by atoms with E-state index in [4.69, 9.17) is 17.3 Å². The van der Waals surface area contributed by atoms with Gasteiger partial charge in [-0.25, -0.2) is 4.98 Å². The quantitative estimate of drug-likeness (QED) is 0.810. The average Bonchev–Trinajstić information content (AvgIpc) is 2.63. The fourth-order valence-electron chi connectivity index (χ4n) is 1.29. The Balaban J connectivity index is 2.20. The number of rotatable bonds is 4. The second kappa shape index (κ2) is 4.79. The number of benzene rings is 1. The van der Waals surface area contributed by atoms with Gasteiger partial charge in [0.05, 0.1) is 9.72 Å². The summed E-state index contributed by atoms with van der Waals surface area (Å²) in [6, 6.07) is 5.81. The molecule has 80 valence electrons. The zero-order valence-corrected chi connectivity index (χ0v) is 9.74. The minimum atomic E-state index is 0.693. The molecule has 0 amide bonds. The maximum atomic E-state index is 6.03. The first-order valence-corrected chi connectivity index (χ1v) is 5.99. The maximum Gasteiger partial charge on any atom is 0.183 e. The van der Waals surface area contributed by atoms with Gasteiger partial charge in [-0.15, -0.1) is 0 Å². The van der Waals surface area contributed by atoms with Crippen molar-refractivity contribution >= 4 is 38.3 Å². The molecule has 1 aromatic heterocycles. The van der Waals surface area contributed by atoms with Crippen LogP contribution in [-0.2, 0) is 0 Å². The molecule has 1 heterocycles. The summed E-state index contributed by atoms with van der Waals surface area (Å²) in [6.07, 6.45) is 0.948. The molecule has 0 aliphatic rings. The monoisotopic (exact) mass is 241 g/mol. The van der Waals surface area contributed by atoms with Gasteiger partial charge >= 0.3 is 0 Å². The van der Waals surface area contributed by atoms with E-state index in [1.807, 2.05) is 18.2 Å². The number of para-hydroxylation sites is 1. The lowest BCUT2D eigenvalue weighted by molar-refractivity contribution is 0.873. The predicted octanol–water partition coefficient (Wildman–Crippen LogP) is 2.71. The van der Waals surface area contributed by atoms with Crippen molar-refractivity contribution in [1.82, 2.24) is 4.98 Å². The number of aromatic nitrogens is 1. The average molecular weight is 242 g/mol. The number of anilines is 1. The molecular formula is C10H12ClN3S. The van der Waals surface area contributed by atoms with Crippen LogP contribution in [0.25, 0.3) is 10.2 Å². The van der Waals surface area contributed by atoms with E-state index in [1.54, 1.807) is 11.3 Å². The van der Waals surface area contributed by atoms with Crippen LogP contribution in [0.4, 0.5) is 5.13 Å². The van der Waals surface area contributed by atoms with Crippen LogP contribution in [0, 0.1) is 0 Å². The third-order valence-corrected chi connectivity index (χ3v) is 3.31. The van der Waals surface area contributed by atoms with E-state index in [2.05, 4.69) is 10.3 Å². The van der Waals surface area contributed by atoms with Crippen molar-refractivity contribution in [3.63, 3.8) is 0 Å². The van der Waals surface area contributed by atoms with Crippen molar-refractivity contribution in [3.8, 4) is 0 Å². The standard InChI is InChI=1S/C10H12ClN3S/c11-7-3-1-4-8-9(7)14-10(15-8)13-6-2-5-12/h1,3-4H,2,5-6,12H2,(H,13,14). The molecular weight excluding hydrogens is 230 g/mol. The van der Waals surface area contributed by atoms with Gasteiger partial charge in [0.15, 0.2) is 5.13 Å². The van der Waals surface area contributed by atoms with E-state index in [9.17, 15) is 0 Å². The number of halogens is 1. The van der Waals surface area contributed by atoms with Gasteiger partial charge in [-0.2, -0.15) is 0 Å². The Labute approximate surface area is 97.3 Å². The zero-order chi connectivity index (χ0) is 10.7. The van der Waals surface area contributed by atoms with Gasteiger partial charge in [0.2, 0.25) is 0 Å². The maximum absolute atomic E-state index is 6.03. The van der Waals surface area contributed by atoms with Crippen molar-refractivity contribution in [2.75, 3.05) is 18.4 Å². The molecule has 3 N–H and O–H groups in total. The summed E-state index contributed by atoms with van der Waals surface area (Å²) in [4.78, 5) is 4.42. The first-order chi connectivity index (χ1) is 7.31. The molecule has 5 heteroatoms. The predicted molar refractivity (Wildman–Crippen MR) is 66.8 cm³/mol. The van der Waals surface area contributed by atoms with Crippen LogP contribution in [0.1, 0.15) is 6.42 Å². The molecule has 15 heavy (non-hydrogen) atoms. The third-order valence-electron chi connectivity index (χ3n) is 2.03. The number of nitrogens with zero attached hydrogens (tertiary/aromatic N) is 1. The Morgan fingerprint density at radius 3 is 3.07 bits per heavy atom. The summed E-state index contributed by atoms with van der Waals surface area (Å²) >= 11 is 7.64. The Kier molecular flexibility index (Phi) is 3.41. The highest BCUT2D eigenvalue weighted by Crippen LogP contribution is 2.30. The molecule has 1 aromatic carbocycles. The normalized spacial score (nSPS) is 10.8. The SMILES string of the molecule is NCCCNc1nc2c(Cl)cccc2s1. The topological polar surface area (TPSA) is 50.9 Å². The number of hydrogen-bond donors (Lipinski definition) is 2. The molecule has 0 saturated carbocycles. The number of hydrogen-bond acceptors (Lipinski definition) is 4. The van der Waals surface area contributed by atoms with Gasteiger partial charge in [-0.1, -0.05) is 29.0 Å². The molecule has 0 atom stereocenters. The number of fused-ring (bicyclic) bond motifs is 1. The smallest absolute Gasteiger partial charge is 0.183 e. The van der Waals surface area contributed by atoms with Crippen LogP contribution in [-0.4, -0.2) is 18.1 Å². The molecule has 2 rings (SSSR count). The molecule has 0 unspecified atom stereocenters. The van der Waals surface area contributed by atoms with Gasteiger partial charge in [0.1, 0.15) is 5.52 Å². The van der Waals surface area contributed by atoms with E-state index in [1.165, 1.54) is 0 Å². The van der Waals surface area contributed by atoms with Gasteiger partial charge in [0, 0.05) is 6.54 Å². The van der Waals surface area contributed by atoms with Gasteiger partial charge in [-0.3, -0.25) is 0 Å². The Bertz CT molecular complexity index is 455. The minimum absolute atomic E-state index is 0.693.